The molecule has 0 spiro atoms. The van der Waals surface area contributed by atoms with E-state index in [9.17, 15) is 27.6 Å². The van der Waals surface area contributed by atoms with E-state index in [2.05, 4.69) is 27.8 Å². The molecule has 0 aliphatic rings. The van der Waals surface area contributed by atoms with Gasteiger partial charge in [-0.15, -0.1) is 0 Å². The molecule has 2 aromatic carbocycles. The van der Waals surface area contributed by atoms with E-state index < -0.39 is 30.1 Å². The van der Waals surface area contributed by atoms with Gasteiger partial charge in [-0.05, 0) is 52.5 Å². The molecule has 2 aromatic rings. The van der Waals surface area contributed by atoms with Gasteiger partial charge >= 0.3 is 24.0 Å². The summed E-state index contributed by atoms with van der Waals surface area (Å²) in [7, 11) is 1.21. The summed E-state index contributed by atoms with van der Waals surface area (Å²) in [4.78, 5) is 35.0. The van der Waals surface area contributed by atoms with Crippen LogP contribution in [0.1, 0.15) is 40.1 Å². The molecule has 1 atom stereocenters. The number of hydrogen-bond donors (Lipinski definition) is 1. The van der Waals surface area contributed by atoms with Crippen LogP contribution in [0.4, 0.5) is 18.9 Å². The van der Waals surface area contributed by atoms with Crippen LogP contribution in [0.5, 0.6) is 0 Å². The molecule has 1 amide bonds. The van der Waals surface area contributed by atoms with Crippen LogP contribution < -0.4 is 5.32 Å². The molecule has 0 bridgehead atoms. The Balaban J connectivity index is 2.55. The number of ether oxygens (including phenoxy) is 2. The van der Waals surface area contributed by atoms with Gasteiger partial charge in [-0.3, -0.25) is 9.59 Å². The first kappa shape index (κ1) is 26.2. The number of esters is 2. The second-order valence-corrected chi connectivity index (χ2v) is 7.85. The first-order chi connectivity index (χ1) is 15.3. The van der Waals surface area contributed by atoms with Gasteiger partial charge in [0.25, 0.3) is 0 Å². The number of methoxy groups -OCH3 is 1. The molecule has 0 saturated heterocycles. The van der Waals surface area contributed by atoms with Crippen LogP contribution in [0.25, 0.3) is 0 Å². The van der Waals surface area contributed by atoms with Crippen molar-refractivity contribution in [2.24, 2.45) is 0 Å². The Morgan fingerprint density at radius 1 is 1.18 bits per heavy atom. The number of benzene rings is 2. The Morgan fingerprint density at radius 2 is 1.85 bits per heavy atom. The second kappa shape index (κ2) is 10.7. The number of amides is 1. The van der Waals surface area contributed by atoms with Crippen molar-refractivity contribution in [2.75, 3.05) is 12.4 Å². The molecule has 174 valence electrons. The normalized spacial score (nSPS) is 11.6. The van der Waals surface area contributed by atoms with Gasteiger partial charge in [-0.25, -0.2) is 4.79 Å². The Kier molecular flexibility index (Phi) is 8.52. The van der Waals surface area contributed by atoms with E-state index in [0.717, 1.165) is 13.0 Å². The fourth-order valence-electron chi connectivity index (χ4n) is 2.57. The summed E-state index contributed by atoms with van der Waals surface area (Å²) >= 11 is 9.11. The lowest BCUT2D eigenvalue weighted by Gasteiger charge is -2.14. The molecule has 6 nitrogen and oxygen atoms in total. The molecule has 0 heterocycles. The fourth-order valence-corrected chi connectivity index (χ4v) is 3.08. The summed E-state index contributed by atoms with van der Waals surface area (Å²) in [5, 5.41) is 1.86. The highest BCUT2D eigenvalue weighted by molar-refractivity contribution is 9.10. The summed E-state index contributed by atoms with van der Waals surface area (Å²) < 4.78 is 48.3. The Morgan fingerprint density at radius 3 is 2.42 bits per heavy atom. The minimum absolute atomic E-state index is 0.0572. The van der Waals surface area contributed by atoms with Gasteiger partial charge in [0, 0.05) is 22.5 Å². The molecule has 0 aromatic heterocycles. The Bertz CT molecular complexity index is 1170. The van der Waals surface area contributed by atoms with E-state index in [1.165, 1.54) is 19.2 Å². The van der Waals surface area contributed by atoms with Crippen molar-refractivity contribution >= 4 is 51.1 Å². The van der Waals surface area contributed by atoms with Crippen molar-refractivity contribution in [3.05, 3.63) is 62.1 Å². The van der Waals surface area contributed by atoms with Crippen LogP contribution in [0, 0.1) is 18.8 Å². The number of carbonyl (C=O) groups excluding carboxylic acids is 3. The maximum atomic E-state index is 12.7. The van der Waals surface area contributed by atoms with Gasteiger partial charge < -0.3 is 14.8 Å². The molecule has 2 rings (SSSR count). The molecule has 1 N–H and O–H groups in total. The highest BCUT2D eigenvalue weighted by Gasteiger charge is 2.39. The van der Waals surface area contributed by atoms with E-state index in [0.29, 0.717) is 11.1 Å². The van der Waals surface area contributed by atoms with E-state index in [1.54, 1.807) is 24.4 Å². The molecule has 0 saturated carbocycles. The van der Waals surface area contributed by atoms with Crippen LogP contribution in [0.2, 0.25) is 5.02 Å². The van der Waals surface area contributed by atoms with Crippen molar-refractivity contribution in [2.45, 2.75) is 26.1 Å². The topological polar surface area (TPSA) is 81.7 Å². The molecular weight excluding hydrogens is 531 g/mol. The molecule has 0 aliphatic carbocycles. The Labute approximate surface area is 200 Å². The number of carbonyl (C=O) groups is 3. The largest absolute Gasteiger partial charge is 0.471 e. The lowest BCUT2D eigenvalue weighted by molar-refractivity contribution is -0.167. The van der Waals surface area contributed by atoms with Gasteiger partial charge in [0.2, 0.25) is 0 Å². The number of aryl methyl sites for hydroxylation is 1. The number of halogens is 5. The Hall–Kier alpha value is -3.03. The first-order valence-corrected chi connectivity index (χ1v) is 10.3. The maximum Gasteiger partial charge on any atom is 0.471 e. The van der Waals surface area contributed by atoms with Crippen LogP contribution in [-0.2, 0) is 19.1 Å². The molecule has 0 fully saturated rings. The lowest BCUT2D eigenvalue weighted by atomic mass is 10.0. The van der Waals surface area contributed by atoms with Gasteiger partial charge in [-0.2, -0.15) is 13.2 Å². The summed E-state index contributed by atoms with van der Waals surface area (Å²) in [6, 6.07) is 7.02. The van der Waals surface area contributed by atoms with E-state index in [4.69, 9.17) is 21.1 Å². The van der Waals surface area contributed by atoms with Gasteiger partial charge in [0.1, 0.15) is 0 Å². The molecular formula is C22H16BrClF3NO5. The molecule has 1 unspecified atom stereocenters. The predicted molar refractivity (Wildman–Crippen MR) is 118 cm³/mol. The standard InChI is InChI=1S/C22H16BrClF3NO5/c1-11-4-5-14(8-15(11)20(30)32-3)19(33-12(2)29)7-6-13-9-17(24)16(23)10-18(13)28-21(31)22(25,26)27/h4-5,8-10,19H,1-3H3,(H,28,31). The quantitative estimate of drug-likeness (QED) is 0.413. The summed E-state index contributed by atoms with van der Waals surface area (Å²) in [6.45, 7) is 2.83. The predicted octanol–water partition coefficient (Wildman–Crippen LogP) is 5.35. The molecule has 11 heteroatoms. The average molecular weight is 547 g/mol. The third kappa shape index (κ3) is 6.97. The van der Waals surface area contributed by atoms with E-state index in [1.807, 2.05) is 0 Å². The number of rotatable bonds is 4. The number of nitrogens with one attached hydrogen (secondary N) is 1. The monoisotopic (exact) mass is 545 g/mol. The van der Waals surface area contributed by atoms with Crippen molar-refractivity contribution in [1.29, 1.82) is 0 Å². The number of anilines is 1. The zero-order valence-electron chi connectivity index (χ0n) is 17.4. The third-order valence-corrected chi connectivity index (χ3v) is 5.35. The minimum atomic E-state index is -5.12. The summed E-state index contributed by atoms with van der Waals surface area (Å²) in [6.07, 6.45) is -6.30. The highest BCUT2D eigenvalue weighted by atomic mass is 79.9. The minimum Gasteiger partial charge on any atom is -0.465 e. The number of alkyl halides is 3. The van der Waals surface area contributed by atoms with Crippen molar-refractivity contribution < 1.29 is 37.0 Å². The van der Waals surface area contributed by atoms with Gasteiger partial charge in [-0.1, -0.05) is 29.7 Å². The van der Waals surface area contributed by atoms with Crippen LogP contribution in [0.3, 0.4) is 0 Å². The van der Waals surface area contributed by atoms with E-state index >= 15 is 0 Å². The summed E-state index contributed by atoms with van der Waals surface area (Å²) in [5.74, 6) is 1.73. The lowest BCUT2D eigenvalue weighted by Crippen LogP contribution is -2.30. The maximum absolute atomic E-state index is 12.7. The second-order valence-electron chi connectivity index (χ2n) is 6.59. The molecule has 0 aliphatic heterocycles. The third-order valence-electron chi connectivity index (χ3n) is 4.16. The van der Waals surface area contributed by atoms with Crippen LogP contribution in [0.15, 0.2) is 34.8 Å². The van der Waals surface area contributed by atoms with Crippen molar-refractivity contribution in [3.8, 4) is 11.8 Å². The zero-order chi connectivity index (χ0) is 24.9. The fraction of sp³-hybridized carbons (Fsp3) is 0.227. The number of hydrogen-bond acceptors (Lipinski definition) is 5. The summed E-state index contributed by atoms with van der Waals surface area (Å²) in [5.41, 5.74) is 0.837. The molecule has 33 heavy (non-hydrogen) atoms. The SMILES string of the molecule is COC(=O)c1cc(C(C#Cc2cc(Cl)c(Br)cc2NC(=O)C(F)(F)F)OC(C)=O)ccc1C. The smallest absolute Gasteiger partial charge is 0.465 e. The van der Waals surface area contributed by atoms with Crippen molar-refractivity contribution in [1.82, 2.24) is 0 Å². The van der Waals surface area contributed by atoms with E-state index in [-0.39, 0.29) is 26.3 Å². The highest BCUT2D eigenvalue weighted by Crippen LogP contribution is 2.31. The average Bonchev–Trinajstić information content (AvgIpc) is 2.73. The zero-order valence-corrected chi connectivity index (χ0v) is 19.7. The first-order valence-electron chi connectivity index (χ1n) is 9.08. The van der Waals surface area contributed by atoms with Crippen molar-refractivity contribution in [3.63, 3.8) is 0 Å². The van der Waals surface area contributed by atoms with Crippen LogP contribution in [-0.4, -0.2) is 31.1 Å². The van der Waals surface area contributed by atoms with Gasteiger partial charge in [0.15, 0.2) is 6.10 Å². The van der Waals surface area contributed by atoms with Crippen LogP contribution >= 0.6 is 27.5 Å². The molecule has 0 radical (unpaired) electrons. The van der Waals surface area contributed by atoms with Gasteiger partial charge in [0.05, 0.1) is 23.4 Å².